The van der Waals surface area contributed by atoms with Gasteiger partial charge in [0.1, 0.15) is 5.76 Å². The van der Waals surface area contributed by atoms with Crippen molar-refractivity contribution in [2.75, 3.05) is 0 Å². The Kier molecular flexibility index (Phi) is 2.81. The molecular formula is C9H12O. The molecule has 0 aliphatic rings. The minimum Gasteiger partial charge on any atom is -0.469 e. The van der Waals surface area contributed by atoms with E-state index in [-0.39, 0.29) is 0 Å². The monoisotopic (exact) mass is 136 g/mol. The van der Waals surface area contributed by atoms with Gasteiger partial charge in [-0.05, 0) is 25.5 Å². The van der Waals surface area contributed by atoms with E-state index in [9.17, 15) is 0 Å². The second kappa shape index (κ2) is 3.94. The molecule has 0 radical (unpaired) electrons. The highest BCUT2D eigenvalue weighted by molar-refractivity contribution is 4.99. The first-order valence-electron chi connectivity index (χ1n) is 3.57. The molecule has 0 spiro atoms. The summed E-state index contributed by atoms with van der Waals surface area (Å²) in [6.07, 6.45) is 8.00. The largest absolute Gasteiger partial charge is 0.469 e. The second-order valence-electron chi connectivity index (χ2n) is 2.19. The molecule has 10 heavy (non-hydrogen) atoms. The van der Waals surface area contributed by atoms with Gasteiger partial charge >= 0.3 is 0 Å². The summed E-state index contributed by atoms with van der Waals surface area (Å²) < 4.78 is 5.15. The van der Waals surface area contributed by atoms with E-state index in [2.05, 4.69) is 12.2 Å². The van der Waals surface area contributed by atoms with Gasteiger partial charge in [-0.15, -0.1) is 0 Å². The van der Waals surface area contributed by atoms with E-state index in [4.69, 9.17) is 4.42 Å². The average molecular weight is 136 g/mol. The standard InChI is InChI=1S/C9H12O/c1-2-3-4-6-9-7-5-8-10-9/h2-3,5,7-8H,4,6H2,1H3. The van der Waals surface area contributed by atoms with E-state index in [1.54, 1.807) is 6.26 Å². The van der Waals surface area contributed by atoms with E-state index in [0.29, 0.717) is 0 Å². The van der Waals surface area contributed by atoms with Crippen LogP contribution in [0.4, 0.5) is 0 Å². The fourth-order valence-electron chi connectivity index (χ4n) is 0.847. The molecule has 0 bridgehead atoms. The van der Waals surface area contributed by atoms with Crippen LogP contribution in [0.3, 0.4) is 0 Å². The van der Waals surface area contributed by atoms with Crippen LogP contribution in [-0.2, 0) is 6.42 Å². The van der Waals surface area contributed by atoms with Crippen LogP contribution in [-0.4, -0.2) is 0 Å². The number of furan rings is 1. The van der Waals surface area contributed by atoms with Gasteiger partial charge < -0.3 is 4.42 Å². The Morgan fingerprint density at radius 3 is 3.10 bits per heavy atom. The number of rotatable bonds is 3. The summed E-state index contributed by atoms with van der Waals surface area (Å²) in [6, 6.07) is 3.93. The van der Waals surface area contributed by atoms with Crippen molar-refractivity contribution in [2.24, 2.45) is 0 Å². The van der Waals surface area contributed by atoms with Gasteiger partial charge in [-0.3, -0.25) is 0 Å². The van der Waals surface area contributed by atoms with Crippen LogP contribution in [0.2, 0.25) is 0 Å². The first kappa shape index (κ1) is 7.13. The lowest BCUT2D eigenvalue weighted by Crippen LogP contribution is -1.76. The number of aryl methyl sites for hydroxylation is 1. The molecule has 0 unspecified atom stereocenters. The third kappa shape index (κ3) is 2.09. The molecule has 0 N–H and O–H groups in total. The molecule has 1 aromatic heterocycles. The quantitative estimate of drug-likeness (QED) is 0.582. The van der Waals surface area contributed by atoms with Crippen molar-refractivity contribution in [1.29, 1.82) is 0 Å². The second-order valence-corrected chi connectivity index (χ2v) is 2.19. The smallest absolute Gasteiger partial charge is 0.104 e. The van der Waals surface area contributed by atoms with Gasteiger partial charge in [0.05, 0.1) is 6.26 Å². The third-order valence-corrected chi connectivity index (χ3v) is 1.37. The fourth-order valence-corrected chi connectivity index (χ4v) is 0.847. The first-order chi connectivity index (χ1) is 4.93. The molecule has 0 amide bonds. The maximum Gasteiger partial charge on any atom is 0.104 e. The fraction of sp³-hybridized carbons (Fsp3) is 0.333. The van der Waals surface area contributed by atoms with Crippen LogP contribution in [0.1, 0.15) is 19.1 Å². The van der Waals surface area contributed by atoms with Crippen molar-refractivity contribution in [3.05, 3.63) is 36.3 Å². The van der Waals surface area contributed by atoms with Crippen molar-refractivity contribution >= 4 is 0 Å². The maximum absolute atomic E-state index is 5.15. The van der Waals surface area contributed by atoms with Crippen LogP contribution >= 0.6 is 0 Å². The SMILES string of the molecule is CC=CCCc1ccco1. The molecule has 0 fully saturated rings. The van der Waals surface area contributed by atoms with Crippen molar-refractivity contribution < 1.29 is 4.42 Å². The van der Waals surface area contributed by atoms with Gasteiger partial charge in [-0.25, -0.2) is 0 Å². The molecule has 0 saturated heterocycles. The summed E-state index contributed by atoms with van der Waals surface area (Å²) >= 11 is 0. The van der Waals surface area contributed by atoms with E-state index >= 15 is 0 Å². The predicted octanol–water partition coefficient (Wildman–Crippen LogP) is 2.79. The highest BCUT2D eigenvalue weighted by Gasteiger charge is 1.90. The van der Waals surface area contributed by atoms with E-state index in [1.807, 2.05) is 19.1 Å². The van der Waals surface area contributed by atoms with Crippen LogP contribution in [0.5, 0.6) is 0 Å². The van der Waals surface area contributed by atoms with Gasteiger partial charge in [0.15, 0.2) is 0 Å². The van der Waals surface area contributed by atoms with Gasteiger partial charge in [0.25, 0.3) is 0 Å². The van der Waals surface area contributed by atoms with Gasteiger partial charge in [-0.1, -0.05) is 12.2 Å². The Hall–Kier alpha value is -0.980. The molecule has 0 aliphatic carbocycles. The molecule has 1 aromatic rings. The Morgan fingerprint density at radius 2 is 2.50 bits per heavy atom. The van der Waals surface area contributed by atoms with Crippen molar-refractivity contribution in [3.63, 3.8) is 0 Å². The summed E-state index contributed by atoms with van der Waals surface area (Å²) in [5.74, 6) is 1.07. The highest BCUT2D eigenvalue weighted by atomic mass is 16.3. The van der Waals surface area contributed by atoms with Crippen LogP contribution in [0.15, 0.2) is 35.0 Å². The average Bonchev–Trinajstić information content (AvgIpc) is 2.41. The lowest BCUT2D eigenvalue weighted by atomic mass is 10.2. The summed E-state index contributed by atoms with van der Waals surface area (Å²) in [4.78, 5) is 0. The lowest BCUT2D eigenvalue weighted by Gasteiger charge is -1.88. The summed E-state index contributed by atoms with van der Waals surface area (Å²) in [5, 5.41) is 0. The molecule has 1 heteroatoms. The first-order valence-corrected chi connectivity index (χ1v) is 3.57. The van der Waals surface area contributed by atoms with Crippen LogP contribution < -0.4 is 0 Å². The number of allylic oxidation sites excluding steroid dienone is 2. The maximum atomic E-state index is 5.15. The molecule has 0 aliphatic heterocycles. The Morgan fingerprint density at radius 1 is 1.60 bits per heavy atom. The minimum atomic E-state index is 1.01. The highest BCUT2D eigenvalue weighted by Crippen LogP contribution is 2.03. The minimum absolute atomic E-state index is 1.01. The van der Waals surface area contributed by atoms with Gasteiger partial charge in [0, 0.05) is 6.42 Å². The van der Waals surface area contributed by atoms with E-state index in [1.165, 1.54) is 0 Å². The molecular weight excluding hydrogens is 124 g/mol. The lowest BCUT2D eigenvalue weighted by molar-refractivity contribution is 0.510. The van der Waals surface area contributed by atoms with E-state index in [0.717, 1.165) is 18.6 Å². The van der Waals surface area contributed by atoms with Crippen molar-refractivity contribution in [2.45, 2.75) is 19.8 Å². The zero-order chi connectivity index (χ0) is 7.23. The molecule has 1 heterocycles. The Bertz CT molecular complexity index is 185. The normalized spacial score (nSPS) is 10.9. The van der Waals surface area contributed by atoms with Crippen LogP contribution in [0.25, 0.3) is 0 Å². The molecule has 0 atom stereocenters. The zero-order valence-electron chi connectivity index (χ0n) is 6.21. The number of hydrogen-bond acceptors (Lipinski definition) is 1. The predicted molar refractivity (Wildman–Crippen MR) is 41.8 cm³/mol. The molecule has 54 valence electrons. The van der Waals surface area contributed by atoms with Crippen molar-refractivity contribution in [3.8, 4) is 0 Å². The number of hydrogen-bond donors (Lipinski definition) is 0. The van der Waals surface area contributed by atoms with Gasteiger partial charge in [-0.2, -0.15) is 0 Å². The van der Waals surface area contributed by atoms with Crippen LogP contribution in [0, 0.1) is 0 Å². The zero-order valence-corrected chi connectivity index (χ0v) is 6.21. The summed E-state index contributed by atoms with van der Waals surface area (Å²) in [5.41, 5.74) is 0. The van der Waals surface area contributed by atoms with E-state index < -0.39 is 0 Å². The topological polar surface area (TPSA) is 13.1 Å². The van der Waals surface area contributed by atoms with Crippen molar-refractivity contribution in [1.82, 2.24) is 0 Å². The summed E-state index contributed by atoms with van der Waals surface area (Å²) in [7, 11) is 0. The molecule has 0 saturated carbocycles. The third-order valence-electron chi connectivity index (χ3n) is 1.37. The molecule has 0 aromatic carbocycles. The summed E-state index contributed by atoms with van der Waals surface area (Å²) in [6.45, 7) is 2.03. The Balaban J connectivity index is 2.28. The molecule has 1 rings (SSSR count). The van der Waals surface area contributed by atoms with Gasteiger partial charge in [0.2, 0.25) is 0 Å². The Labute approximate surface area is 61.4 Å². The molecule has 1 nitrogen and oxygen atoms in total.